The van der Waals surface area contributed by atoms with E-state index in [1.165, 1.54) is 28.3 Å². The van der Waals surface area contributed by atoms with Crippen molar-refractivity contribution in [1.29, 1.82) is 0 Å². The SMILES string of the molecule is CCCCN1C(=O)C2SC=CC2=[N+](CC(=O)Nc2cc(C)ccc2OC)C1=O. The van der Waals surface area contributed by atoms with Crippen LogP contribution in [0.15, 0.2) is 29.7 Å². The van der Waals surface area contributed by atoms with Gasteiger partial charge in [0, 0.05) is 0 Å². The predicted molar refractivity (Wildman–Crippen MR) is 109 cm³/mol. The zero-order valence-corrected chi connectivity index (χ0v) is 17.0. The molecule has 7 nitrogen and oxygen atoms in total. The molecule has 28 heavy (non-hydrogen) atoms. The number of imide groups is 1. The fraction of sp³-hybridized carbons (Fsp3) is 0.400. The second-order valence-corrected chi connectivity index (χ2v) is 7.72. The van der Waals surface area contributed by atoms with E-state index >= 15 is 0 Å². The van der Waals surface area contributed by atoms with Crippen molar-refractivity contribution in [2.75, 3.05) is 25.5 Å². The van der Waals surface area contributed by atoms with Gasteiger partial charge >= 0.3 is 11.9 Å². The molecule has 1 unspecified atom stereocenters. The number of benzene rings is 1. The first kappa shape index (κ1) is 20.1. The van der Waals surface area contributed by atoms with E-state index in [1.54, 1.807) is 17.6 Å². The van der Waals surface area contributed by atoms with Crippen LogP contribution in [0.25, 0.3) is 0 Å². The van der Waals surface area contributed by atoms with Gasteiger partial charge in [-0.15, -0.1) is 11.8 Å². The predicted octanol–water partition coefficient (Wildman–Crippen LogP) is 2.79. The second-order valence-electron chi connectivity index (χ2n) is 6.71. The topological polar surface area (TPSA) is 78.7 Å². The third-order valence-corrected chi connectivity index (χ3v) is 5.66. The van der Waals surface area contributed by atoms with Gasteiger partial charge in [0.25, 0.3) is 5.91 Å². The van der Waals surface area contributed by atoms with Gasteiger partial charge in [0.1, 0.15) is 11.5 Å². The number of ether oxygens (including phenoxy) is 1. The van der Waals surface area contributed by atoms with Gasteiger partial charge in [-0.2, -0.15) is 14.3 Å². The van der Waals surface area contributed by atoms with Gasteiger partial charge in [-0.05, 0) is 42.5 Å². The van der Waals surface area contributed by atoms with Gasteiger partial charge in [-0.1, -0.05) is 19.4 Å². The van der Waals surface area contributed by atoms with Crippen LogP contribution in [0.5, 0.6) is 5.75 Å². The molecule has 1 N–H and O–H groups in total. The summed E-state index contributed by atoms with van der Waals surface area (Å²) in [7, 11) is 1.53. The van der Waals surface area contributed by atoms with E-state index in [-0.39, 0.29) is 18.4 Å². The van der Waals surface area contributed by atoms with Crippen molar-refractivity contribution in [3.8, 4) is 5.75 Å². The molecule has 4 amide bonds. The molecule has 0 aliphatic carbocycles. The molecule has 1 atom stereocenters. The highest BCUT2D eigenvalue weighted by Crippen LogP contribution is 2.28. The number of aryl methyl sites for hydroxylation is 1. The lowest BCUT2D eigenvalue weighted by Crippen LogP contribution is -2.56. The minimum atomic E-state index is -0.462. The molecule has 0 fully saturated rings. The summed E-state index contributed by atoms with van der Waals surface area (Å²) in [6, 6.07) is 5.04. The number of carbonyl (C=O) groups is 3. The van der Waals surface area contributed by atoms with Crippen molar-refractivity contribution in [2.24, 2.45) is 0 Å². The van der Waals surface area contributed by atoms with Gasteiger partial charge in [0.2, 0.25) is 0 Å². The van der Waals surface area contributed by atoms with E-state index in [2.05, 4.69) is 5.32 Å². The largest absolute Gasteiger partial charge is 0.501 e. The number of fused-ring (bicyclic) bond motifs is 1. The minimum absolute atomic E-state index is 0.164. The number of allylic oxidation sites excluding steroid dienone is 1. The van der Waals surface area contributed by atoms with Crippen LogP contribution in [0.1, 0.15) is 25.3 Å². The zero-order valence-electron chi connectivity index (χ0n) is 16.2. The third-order valence-electron chi connectivity index (χ3n) is 4.65. The number of hydrogen-bond donors (Lipinski definition) is 1. The number of amides is 4. The molecule has 0 bridgehead atoms. The number of hydrogen-bond acceptors (Lipinski definition) is 5. The van der Waals surface area contributed by atoms with E-state index in [4.69, 9.17) is 4.74 Å². The van der Waals surface area contributed by atoms with Crippen LogP contribution in [-0.4, -0.2) is 58.5 Å². The Hall–Kier alpha value is -2.61. The normalized spacial score (nSPS) is 18.5. The molecule has 0 saturated carbocycles. The maximum absolute atomic E-state index is 12.9. The molecule has 8 heteroatoms. The van der Waals surface area contributed by atoms with Crippen molar-refractivity contribution in [3.63, 3.8) is 0 Å². The average Bonchev–Trinajstić information content (AvgIpc) is 3.15. The monoisotopic (exact) mass is 402 g/mol. The summed E-state index contributed by atoms with van der Waals surface area (Å²) < 4.78 is 6.69. The van der Waals surface area contributed by atoms with Crippen molar-refractivity contribution in [1.82, 2.24) is 4.90 Å². The first-order valence-electron chi connectivity index (χ1n) is 9.22. The highest BCUT2D eigenvalue weighted by atomic mass is 32.2. The number of unbranched alkanes of at least 4 members (excludes halogenated alkanes) is 1. The van der Waals surface area contributed by atoms with Crippen LogP contribution in [0.2, 0.25) is 0 Å². The van der Waals surface area contributed by atoms with Crippen LogP contribution < -0.4 is 10.1 Å². The van der Waals surface area contributed by atoms with Gasteiger partial charge in [0.05, 0.1) is 19.3 Å². The van der Waals surface area contributed by atoms with E-state index in [0.29, 0.717) is 23.7 Å². The Labute approximate surface area is 168 Å². The molecule has 3 rings (SSSR count). The summed E-state index contributed by atoms with van der Waals surface area (Å²) >= 11 is 1.36. The summed E-state index contributed by atoms with van der Waals surface area (Å²) in [6.45, 7) is 4.12. The fourth-order valence-electron chi connectivity index (χ4n) is 3.19. The molecule has 0 aromatic heterocycles. The lowest BCUT2D eigenvalue weighted by molar-refractivity contribution is -0.425. The maximum Gasteiger partial charge on any atom is 0.501 e. The summed E-state index contributed by atoms with van der Waals surface area (Å²) in [6.07, 6.45) is 3.35. The molecule has 0 saturated heterocycles. The minimum Gasteiger partial charge on any atom is -0.495 e. The van der Waals surface area contributed by atoms with Crippen molar-refractivity contribution >= 4 is 41.0 Å². The van der Waals surface area contributed by atoms with Crippen molar-refractivity contribution < 1.29 is 23.7 Å². The lowest BCUT2D eigenvalue weighted by Gasteiger charge is -2.24. The Bertz CT molecular complexity index is 878. The molecule has 2 aliphatic heterocycles. The summed E-state index contributed by atoms with van der Waals surface area (Å²) in [5.41, 5.74) is 2.10. The van der Waals surface area contributed by atoms with E-state index in [9.17, 15) is 14.4 Å². The number of methoxy groups -OCH3 is 1. The van der Waals surface area contributed by atoms with Gasteiger partial charge in [-0.3, -0.25) is 4.79 Å². The number of urea groups is 1. The van der Waals surface area contributed by atoms with Gasteiger partial charge < -0.3 is 10.1 Å². The molecule has 148 valence electrons. The smallest absolute Gasteiger partial charge is 0.495 e. The second kappa shape index (κ2) is 8.60. The van der Waals surface area contributed by atoms with E-state index in [1.807, 2.05) is 26.0 Å². The highest BCUT2D eigenvalue weighted by Gasteiger charge is 2.49. The number of anilines is 1. The molecule has 0 spiro atoms. The van der Waals surface area contributed by atoms with E-state index in [0.717, 1.165) is 18.4 Å². The van der Waals surface area contributed by atoms with Gasteiger partial charge in [-0.25, -0.2) is 4.79 Å². The van der Waals surface area contributed by atoms with Crippen LogP contribution in [0, 0.1) is 6.92 Å². The maximum atomic E-state index is 12.9. The molecule has 1 aromatic carbocycles. The Morgan fingerprint density at radius 1 is 1.36 bits per heavy atom. The van der Waals surface area contributed by atoms with Crippen LogP contribution in [-0.2, 0) is 9.59 Å². The number of nitrogens with zero attached hydrogens (tertiary/aromatic N) is 2. The summed E-state index contributed by atoms with van der Waals surface area (Å²) in [4.78, 5) is 39.5. The number of thioether (sulfide) groups is 1. The van der Waals surface area contributed by atoms with Crippen molar-refractivity contribution in [3.05, 3.63) is 35.2 Å². The molecular formula is C20H24N3O4S+. The highest BCUT2D eigenvalue weighted by molar-refractivity contribution is 8.04. The quantitative estimate of drug-likeness (QED) is 0.710. The van der Waals surface area contributed by atoms with Crippen molar-refractivity contribution in [2.45, 2.75) is 31.9 Å². The Balaban J connectivity index is 1.83. The van der Waals surface area contributed by atoms with Crippen LogP contribution in [0.3, 0.4) is 0 Å². The molecule has 1 aromatic rings. The number of nitrogens with one attached hydrogen (secondary N) is 1. The molecule has 2 heterocycles. The molecular weight excluding hydrogens is 378 g/mol. The Kier molecular flexibility index (Phi) is 6.18. The zero-order chi connectivity index (χ0) is 20.3. The van der Waals surface area contributed by atoms with Crippen LogP contribution >= 0.6 is 11.8 Å². The third kappa shape index (κ3) is 3.96. The summed E-state index contributed by atoms with van der Waals surface area (Å²) in [5, 5.41) is 4.15. The first-order chi connectivity index (χ1) is 13.5. The van der Waals surface area contributed by atoms with Crippen LogP contribution in [0.4, 0.5) is 10.5 Å². The molecule has 0 radical (unpaired) electrons. The van der Waals surface area contributed by atoms with Gasteiger partial charge in [0.15, 0.2) is 11.8 Å². The Morgan fingerprint density at radius 2 is 2.14 bits per heavy atom. The standard InChI is InChI=1S/C20H23N3O4S/c1-4-5-9-22-19(25)18-15(8-10-28-18)23(20(22)26)12-17(24)21-14-11-13(2)6-7-16(14)27-3/h6-8,10-11,18H,4-5,9,12H2,1-3H3/p+1. The first-order valence-corrected chi connectivity index (χ1v) is 10.2. The number of rotatable bonds is 7. The Morgan fingerprint density at radius 3 is 2.86 bits per heavy atom. The fourth-order valence-corrected chi connectivity index (χ4v) is 4.15. The average molecular weight is 402 g/mol. The van der Waals surface area contributed by atoms with E-state index < -0.39 is 11.3 Å². The lowest BCUT2D eigenvalue weighted by atomic mass is 10.1. The number of carbonyl (C=O) groups excluding carboxylic acids is 3. The summed E-state index contributed by atoms with van der Waals surface area (Å²) in [5.74, 6) is -0.00966. The molecule has 2 aliphatic rings.